The Balaban J connectivity index is 2.08. The van der Waals surface area contributed by atoms with Crippen LogP contribution in [0.2, 0.25) is 5.02 Å². The molecule has 0 spiro atoms. The molecule has 0 radical (unpaired) electrons. The van der Waals surface area contributed by atoms with Gasteiger partial charge >= 0.3 is 0 Å². The molecule has 0 saturated heterocycles. The molecule has 4 heteroatoms. The van der Waals surface area contributed by atoms with Gasteiger partial charge in [-0.2, -0.15) is 0 Å². The summed E-state index contributed by atoms with van der Waals surface area (Å²) in [4.78, 5) is 2.18. The van der Waals surface area contributed by atoms with Crippen LogP contribution in [-0.4, -0.2) is 14.1 Å². The third kappa shape index (κ3) is 2.93. The normalized spacial score (nSPS) is 13.5. The number of nitrogen functional groups attached to an aromatic ring is 1. The lowest BCUT2D eigenvalue weighted by Gasteiger charge is -2.26. The highest BCUT2D eigenvalue weighted by atomic mass is 35.5. The molecule has 0 amide bonds. The van der Waals surface area contributed by atoms with Gasteiger partial charge in [0.2, 0.25) is 0 Å². The molecule has 0 bridgehead atoms. The van der Waals surface area contributed by atoms with E-state index in [4.69, 9.17) is 22.1 Å². The summed E-state index contributed by atoms with van der Waals surface area (Å²) in [5.41, 5.74) is 12.5. The number of nitrogens with zero attached hydrogens (tertiary/aromatic N) is 1. The fourth-order valence-electron chi connectivity index (χ4n) is 3.44. The first-order valence-corrected chi connectivity index (χ1v) is 8.83. The Kier molecular flexibility index (Phi) is 4.64. The molecule has 3 nitrogen and oxygen atoms in total. The third-order valence-electron chi connectivity index (χ3n) is 4.85. The Bertz CT molecular complexity index is 784. The van der Waals surface area contributed by atoms with E-state index in [9.17, 15) is 0 Å². The summed E-state index contributed by atoms with van der Waals surface area (Å²) in [7, 11) is 4.18. The molecule has 24 heavy (non-hydrogen) atoms. The number of fused-ring (bicyclic) bond motifs is 1. The van der Waals surface area contributed by atoms with Gasteiger partial charge in [-0.25, -0.2) is 0 Å². The lowest BCUT2D eigenvalue weighted by molar-refractivity contribution is 0.467. The van der Waals surface area contributed by atoms with Gasteiger partial charge in [0.05, 0.1) is 5.02 Å². The van der Waals surface area contributed by atoms with Crippen LogP contribution in [0.4, 0.5) is 11.4 Å². The molecule has 1 aliphatic carbocycles. The summed E-state index contributed by atoms with van der Waals surface area (Å²) in [5, 5.41) is 0.605. The second-order valence-corrected chi connectivity index (χ2v) is 7.17. The predicted octanol–water partition coefficient (Wildman–Crippen LogP) is 5.28. The molecule has 0 aromatic heterocycles. The number of ether oxygens (including phenoxy) is 1. The van der Waals surface area contributed by atoms with Gasteiger partial charge in [-0.1, -0.05) is 11.6 Å². The number of anilines is 2. The van der Waals surface area contributed by atoms with E-state index in [-0.39, 0.29) is 0 Å². The van der Waals surface area contributed by atoms with E-state index in [1.807, 2.05) is 19.9 Å². The largest absolute Gasteiger partial charge is 0.455 e. The van der Waals surface area contributed by atoms with Crippen LogP contribution < -0.4 is 15.4 Å². The molecule has 3 rings (SSSR count). The molecule has 0 unspecified atom stereocenters. The zero-order chi connectivity index (χ0) is 17.4. The van der Waals surface area contributed by atoms with E-state index in [2.05, 4.69) is 31.1 Å². The van der Waals surface area contributed by atoms with Crippen molar-refractivity contribution in [2.75, 3.05) is 24.7 Å². The maximum Gasteiger partial charge on any atom is 0.149 e. The highest BCUT2D eigenvalue weighted by Gasteiger charge is 2.21. The van der Waals surface area contributed by atoms with Gasteiger partial charge in [-0.05, 0) is 74.4 Å². The van der Waals surface area contributed by atoms with Gasteiger partial charge < -0.3 is 15.4 Å². The van der Waals surface area contributed by atoms with Crippen LogP contribution in [0.3, 0.4) is 0 Å². The van der Waals surface area contributed by atoms with E-state index < -0.39 is 0 Å². The minimum atomic E-state index is 0.605. The van der Waals surface area contributed by atoms with E-state index in [1.54, 1.807) is 0 Å². The van der Waals surface area contributed by atoms with Crippen LogP contribution in [0.15, 0.2) is 18.2 Å². The summed E-state index contributed by atoms with van der Waals surface area (Å²) < 4.78 is 6.30. The predicted molar refractivity (Wildman–Crippen MR) is 103 cm³/mol. The highest BCUT2D eigenvalue weighted by Crippen LogP contribution is 2.42. The van der Waals surface area contributed by atoms with Gasteiger partial charge in [-0.3, -0.25) is 0 Å². The third-order valence-corrected chi connectivity index (χ3v) is 5.31. The average Bonchev–Trinajstić information content (AvgIpc) is 2.56. The topological polar surface area (TPSA) is 38.5 Å². The number of aryl methyl sites for hydroxylation is 1. The molecule has 128 valence electrons. The molecular formula is C20H25ClN2O. The van der Waals surface area contributed by atoms with Crippen LogP contribution in [0.5, 0.6) is 11.5 Å². The summed E-state index contributed by atoms with van der Waals surface area (Å²) in [5.74, 6) is 1.64. The van der Waals surface area contributed by atoms with Crippen molar-refractivity contribution >= 4 is 23.0 Å². The van der Waals surface area contributed by atoms with Gasteiger partial charge in [-0.15, -0.1) is 0 Å². The summed E-state index contributed by atoms with van der Waals surface area (Å²) in [6.45, 7) is 3.91. The second-order valence-electron chi connectivity index (χ2n) is 6.79. The van der Waals surface area contributed by atoms with Crippen molar-refractivity contribution < 1.29 is 4.74 Å². The van der Waals surface area contributed by atoms with Gasteiger partial charge in [0.25, 0.3) is 0 Å². The van der Waals surface area contributed by atoms with E-state index >= 15 is 0 Å². The van der Waals surface area contributed by atoms with Gasteiger partial charge in [0.1, 0.15) is 11.5 Å². The Morgan fingerprint density at radius 2 is 1.75 bits per heavy atom. The number of hydrogen-bond donors (Lipinski definition) is 1. The molecule has 0 atom stereocenters. The van der Waals surface area contributed by atoms with Crippen molar-refractivity contribution in [3.8, 4) is 11.5 Å². The fraction of sp³-hybridized carbons (Fsp3) is 0.400. The van der Waals surface area contributed by atoms with Gasteiger partial charge in [0, 0.05) is 31.0 Å². The van der Waals surface area contributed by atoms with Crippen LogP contribution in [0, 0.1) is 13.8 Å². The van der Waals surface area contributed by atoms with E-state index in [1.165, 1.54) is 29.7 Å². The van der Waals surface area contributed by atoms with Crippen LogP contribution in [0.25, 0.3) is 0 Å². The number of hydrogen-bond acceptors (Lipinski definition) is 3. The molecular weight excluding hydrogens is 320 g/mol. The van der Waals surface area contributed by atoms with Crippen LogP contribution >= 0.6 is 11.6 Å². The highest BCUT2D eigenvalue weighted by molar-refractivity contribution is 6.33. The summed E-state index contributed by atoms with van der Waals surface area (Å²) >= 11 is 6.51. The minimum Gasteiger partial charge on any atom is -0.455 e. The molecule has 0 heterocycles. The molecule has 2 aromatic rings. The molecule has 0 saturated carbocycles. The fourth-order valence-corrected chi connectivity index (χ4v) is 3.74. The number of rotatable bonds is 3. The zero-order valence-electron chi connectivity index (χ0n) is 14.9. The summed E-state index contributed by atoms with van der Waals surface area (Å²) in [6.07, 6.45) is 4.59. The van der Waals surface area contributed by atoms with Crippen LogP contribution in [0.1, 0.15) is 35.1 Å². The SMILES string of the molecule is Cc1cc(N)c(C)c(Cl)c1Oc1ccc(N(C)C)c2c1CCCC2. The smallest absolute Gasteiger partial charge is 0.149 e. The summed E-state index contributed by atoms with van der Waals surface area (Å²) in [6, 6.07) is 6.14. The minimum absolute atomic E-state index is 0.605. The Hall–Kier alpha value is -1.87. The van der Waals surface area contributed by atoms with E-state index in [0.29, 0.717) is 16.5 Å². The van der Waals surface area contributed by atoms with Gasteiger partial charge in [0.15, 0.2) is 0 Å². The Morgan fingerprint density at radius 3 is 2.42 bits per heavy atom. The Labute approximate surface area is 149 Å². The lowest BCUT2D eigenvalue weighted by atomic mass is 9.89. The average molecular weight is 345 g/mol. The van der Waals surface area contributed by atoms with Crippen molar-refractivity contribution in [1.29, 1.82) is 0 Å². The molecule has 0 aliphatic heterocycles. The number of nitrogens with two attached hydrogens (primary N) is 1. The maximum atomic E-state index is 6.51. The first-order chi connectivity index (χ1) is 11.4. The van der Waals surface area contributed by atoms with Crippen molar-refractivity contribution in [1.82, 2.24) is 0 Å². The van der Waals surface area contributed by atoms with Crippen molar-refractivity contribution in [3.05, 3.63) is 45.5 Å². The lowest BCUT2D eigenvalue weighted by Crippen LogP contribution is -2.15. The zero-order valence-corrected chi connectivity index (χ0v) is 15.6. The van der Waals surface area contributed by atoms with Crippen molar-refractivity contribution in [2.45, 2.75) is 39.5 Å². The monoisotopic (exact) mass is 344 g/mol. The first kappa shape index (κ1) is 17.0. The van der Waals surface area contributed by atoms with Crippen molar-refractivity contribution in [2.24, 2.45) is 0 Å². The quantitative estimate of drug-likeness (QED) is 0.770. The molecule has 1 aliphatic rings. The second kappa shape index (κ2) is 6.56. The number of halogens is 1. The van der Waals surface area contributed by atoms with Crippen LogP contribution in [-0.2, 0) is 12.8 Å². The molecule has 2 aromatic carbocycles. The molecule has 0 fully saturated rings. The Morgan fingerprint density at radius 1 is 1.08 bits per heavy atom. The van der Waals surface area contributed by atoms with Crippen molar-refractivity contribution in [3.63, 3.8) is 0 Å². The first-order valence-electron chi connectivity index (χ1n) is 8.45. The number of benzene rings is 2. The standard InChI is InChI=1S/C20H25ClN2O/c1-12-11-16(22)13(2)19(21)20(12)24-18-10-9-17(23(3)4)14-7-5-6-8-15(14)18/h9-11H,5-8,22H2,1-4H3. The van der Waals surface area contributed by atoms with E-state index in [0.717, 1.165) is 29.7 Å². The molecule has 2 N–H and O–H groups in total. The maximum absolute atomic E-state index is 6.51.